The van der Waals surface area contributed by atoms with E-state index in [-0.39, 0.29) is 11.3 Å². The van der Waals surface area contributed by atoms with Crippen LogP contribution in [0, 0.1) is 34.0 Å². The van der Waals surface area contributed by atoms with Crippen LogP contribution in [0.5, 0.6) is 0 Å². The normalized spacial score (nSPS) is 41.9. The molecule has 1 spiro atoms. The summed E-state index contributed by atoms with van der Waals surface area (Å²) in [4.78, 5) is 25.5. The number of carbonyl (C=O) groups excluding carboxylic acids is 1. The molecule has 4 aliphatic carbocycles. The van der Waals surface area contributed by atoms with Crippen molar-refractivity contribution in [2.75, 3.05) is 0 Å². The topological polar surface area (TPSA) is 63.6 Å². The molecule has 0 heterocycles. The molecule has 4 fully saturated rings. The Balaban J connectivity index is 1.39. The predicted molar refractivity (Wildman–Crippen MR) is 128 cm³/mol. The van der Waals surface area contributed by atoms with Gasteiger partial charge in [-0.3, -0.25) is 4.79 Å². The molecule has 1 aromatic carbocycles. The minimum absolute atomic E-state index is 0.00759. The third-order valence-corrected chi connectivity index (χ3v) is 10.1. The fourth-order valence-electron chi connectivity index (χ4n) is 8.62. The van der Waals surface area contributed by atoms with E-state index in [1.807, 2.05) is 37.3 Å². The van der Waals surface area contributed by atoms with Gasteiger partial charge in [0.25, 0.3) is 0 Å². The maximum atomic E-state index is 12.8. The van der Waals surface area contributed by atoms with E-state index in [0.29, 0.717) is 23.7 Å². The van der Waals surface area contributed by atoms with Crippen molar-refractivity contribution >= 4 is 18.0 Å². The maximum Gasteiger partial charge on any atom is 0.331 e. The van der Waals surface area contributed by atoms with Gasteiger partial charge in [-0.2, -0.15) is 0 Å². The fraction of sp³-hybridized carbons (Fsp3) is 0.586. The molecule has 4 heteroatoms. The molecule has 1 N–H and O–H groups in total. The number of aliphatic carboxylic acids is 1. The molecule has 0 radical (unpaired) electrons. The van der Waals surface area contributed by atoms with E-state index >= 15 is 0 Å². The molecular weight excluding hydrogens is 412 g/mol. The molecule has 4 nitrogen and oxygen atoms in total. The third-order valence-electron chi connectivity index (χ3n) is 10.1. The number of hydrogen-bond donors (Lipinski definition) is 1. The number of carbonyl (C=O) groups is 2. The summed E-state index contributed by atoms with van der Waals surface area (Å²) >= 11 is 0. The van der Waals surface area contributed by atoms with Crippen molar-refractivity contribution in [2.24, 2.45) is 34.0 Å². The zero-order valence-electron chi connectivity index (χ0n) is 19.9. The van der Waals surface area contributed by atoms with E-state index in [2.05, 4.69) is 13.5 Å². The smallest absolute Gasteiger partial charge is 0.331 e. The highest BCUT2D eigenvalue weighted by atomic mass is 16.5. The number of fused-ring (bicyclic) bond motifs is 3. The number of benzene rings is 1. The molecule has 0 amide bonds. The van der Waals surface area contributed by atoms with Gasteiger partial charge in [0.15, 0.2) is 0 Å². The zero-order valence-corrected chi connectivity index (χ0v) is 19.9. The van der Waals surface area contributed by atoms with Gasteiger partial charge in [-0.05, 0) is 98.5 Å². The summed E-state index contributed by atoms with van der Waals surface area (Å²) < 4.78 is 5.88. The number of allylic oxidation sites excluding steroid dienone is 1. The summed E-state index contributed by atoms with van der Waals surface area (Å²) in [6.07, 6.45) is 10.8. The number of carboxylic acid groups (broad SMARTS) is 1. The van der Waals surface area contributed by atoms with Gasteiger partial charge in [-0.15, -0.1) is 0 Å². The average molecular weight is 449 g/mol. The average Bonchev–Trinajstić information content (AvgIpc) is 3.02. The number of hydrogen-bond acceptors (Lipinski definition) is 3. The van der Waals surface area contributed by atoms with Crippen LogP contribution in [-0.2, 0) is 14.3 Å². The first-order valence-corrected chi connectivity index (χ1v) is 12.5. The molecular formula is C29H36O4. The molecule has 1 aromatic rings. The van der Waals surface area contributed by atoms with Crippen LogP contribution >= 0.6 is 0 Å². The van der Waals surface area contributed by atoms with E-state index < -0.39 is 23.5 Å². The lowest BCUT2D eigenvalue weighted by atomic mass is 9.40. The largest absolute Gasteiger partial charge is 0.481 e. The third kappa shape index (κ3) is 3.40. The van der Waals surface area contributed by atoms with Crippen molar-refractivity contribution < 1.29 is 19.4 Å². The summed E-state index contributed by atoms with van der Waals surface area (Å²) in [7, 11) is 0. The van der Waals surface area contributed by atoms with E-state index in [1.165, 1.54) is 30.9 Å². The predicted octanol–water partition coefficient (Wildman–Crippen LogP) is 6.28. The van der Waals surface area contributed by atoms with Gasteiger partial charge >= 0.3 is 11.9 Å². The Kier molecular flexibility index (Phi) is 5.34. The lowest BCUT2D eigenvalue weighted by Gasteiger charge is -2.64. The van der Waals surface area contributed by atoms with Crippen molar-refractivity contribution in [1.29, 1.82) is 0 Å². The number of ether oxygens (including phenoxy) is 1. The van der Waals surface area contributed by atoms with Gasteiger partial charge in [0, 0.05) is 6.08 Å². The van der Waals surface area contributed by atoms with Gasteiger partial charge < -0.3 is 9.84 Å². The summed E-state index contributed by atoms with van der Waals surface area (Å²) in [6, 6.07) is 9.59. The van der Waals surface area contributed by atoms with Gasteiger partial charge in [0.2, 0.25) is 0 Å². The molecule has 5 rings (SSSR count). The lowest BCUT2D eigenvalue weighted by molar-refractivity contribution is -0.211. The second kappa shape index (κ2) is 7.85. The van der Waals surface area contributed by atoms with Crippen molar-refractivity contribution in [1.82, 2.24) is 0 Å². The standard InChI is InChI=1S/C29H36O4/c1-19-17-29-16-13-22-27(2,23(29)11-10-21(19)18-29)15-14-24(28(22,3)26(31)32)33-25(30)12-9-20-7-5-4-6-8-20/h4-9,12,21-24H,1,10-11,13-18H2,2-3H3,(H,31,32). The van der Waals surface area contributed by atoms with Crippen molar-refractivity contribution in [3.8, 4) is 0 Å². The lowest BCUT2D eigenvalue weighted by Crippen LogP contribution is -2.63. The summed E-state index contributed by atoms with van der Waals surface area (Å²) in [5, 5.41) is 10.5. The molecule has 7 atom stereocenters. The van der Waals surface area contributed by atoms with E-state index in [4.69, 9.17) is 4.74 Å². The second-order valence-corrected chi connectivity index (χ2v) is 11.6. The van der Waals surface area contributed by atoms with Gasteiger partial charge in [-0.25, -0.2) is 4.79 Å². The first-order chi connectivity index (χ1) is 15.7. The molecule has 0 saturated heterocycles. The molecule has 33 heavy (non-hydrogen) atoms. The van der Waals surface area contributed by atoms with Crippen molar-refractivity contribution in [3.63, 3.8) is 0 Å². The quantitative estimate of drug-likeness (QED) is 0.335. The summed E-state index contributed by atoms with van der Waals surface area (Å²) in [5.74, 6) is -0.0785. The van der Waals surface area contributed by atoms with E-state index in [0.717, 1.165) is 31.2 Å². The zero-order chi connectivity index (χ0) is 23.4. The minimum Gasteiger partial charge on any atom is -0.481 e. The number of esters is 1. The van der Waals surface area contributed by atoms with Crippen LogP contribution in [0.1, 0.15) is 70.8 Å². The molecule has 0 aromatic heterocycles. The number of rotatable bonds is 4. The Morgan fingerprint density at radius 3 is 2.55 bits per heavy atom. The van der Waals surface area contributed by atoms with Crippen LogP contribution in [0.4, 0.5) is 0 Å². The summed E-state index contributed by atoms with van der Waals surface area (Å²) in [6.45, 7) is 8.58. The fourth-order valence-corrected chi connectivity index (χ4v) is 8.62. The van der Waals surface area contributed by atoms with Gasteiger partial charge in [0.1, 0.15) is 11.5 Å². The van der Waals surface area contributed by atoms with E-state index in [1.54, 1.807) is 6.08 Å². The van der Waals surface area contributed by atoms with Crippen LogP contribution in [0.3, 0.4) is 0 Å². The first-order valence-electron chi connectivity index (χ1n) is 12.5. The van der Waals surface area contributed by atoms with Crippen molar-refractivity contribution in [2.45, 2.75) is 71.3 Å². The highest BCUT2D eigenvalue weighted by Gasteiger charge is 2.67. The highest BCUT2D eigenvalue weighted by Crippen LogP contribution is 2.72. The Bertz CT molecular complexity index is 996. The van der Waals surface area contributed by atoms with E-state index in [9.17, 15) is 14.7 Å². The number of carboxylic acids is 1. The highest BCUT2D eigenvalue weighted by molar-refractivity contribution is 5.87. The molecule has 2 bridgehead atoms. The second-order valence-electron chi connectivity index (χ2n) is 11.6. The monoisotopic (exact) mass is 448 g/mol. The molecule has 0 aliphatic heterocycles. The molecule has 7 unspecified atom stereocenters. The Morgan fingerprint density at radius 1 is 1.06 bits per heavy atom. The Labute approximate surface area is 197 Å². The van der Waals surface area contributed by atoms with Crippen LogP contribution in [0.15, 0.2) is 48.6 Å². The first kappa shape index (κ1) is 22.4. The SMILES string of the molecule is C=C1CC23CCC4C(C)(CCC(OC(=O)C=Cc5ccccc5)C4(C)C(=O)O)C2CCC1C3. The molecule has 176 valence electrons. The van der Waals surface area contributed by atoms with Crippen LogP contribution in [0.25, 0.3) is 6.08 Å². The van der Waals surface area contributed by atoms with Crippen LogP contribution < -0.4 is 0 Å². The maximum absolute atomic E-state index is 12.8. The molecule has 4 aliphatic rings. The molecule has 4 saturated carbocycles. The van der Waals surface area contributed by atoms with Crippen molar-refractivity contribution in [3.05, 3.63) is 54.1 Å². The summed E-state index contributed by atoms with van der Waals surface area (Å²) in [5.41, 5.74) is 1.54. The van der Waals surface area contributed by atoms with Crippen LogP contribution in [-0.4, -0.2) is 23.1 Å². The Hall–Kier alpha value is -2.36. The van der Waals surface area contributed by atoms with Gasteiger partial charge in [0.05, 0.1) is 0 Å². The van der Waals surface area contributed by atoms with Crippen LogP contribution in [0.2, 0.25) is 0 Å². The van der Waals surface area contributed by atoms with Gasteiger partial charge in [-0.1, -0.05) is 49.4 Å². The Morgan fingerprint density at radius 2 is 1.82 bits per heavy atom. The minimum atomic E-state index is -1.07.